The van der Waals surface area contributed by atoms with Crippen molar-refractivity contribution in [3.8, 4) is 0 Å². The Morgan fingerprint density at radius 2 is 2.19 bits per heavy atom. The minimum Gasteiger partial charge on any atom is -0.363 e. The van der Waals surface area contributed by atoms with E-state index in [-0.39, 0.29) is 6.04 Å². The summed E-state index contributed by atoms with van der Waals surface area (Å²) < 4.78 is 0.808. The first-order valence-electron chi connectivity index (χ1n) is 4.95. The summed E-state index contributed by atoms with van der Waals surface area (Å²) in [4.78, 5) is 9.41. The van der Waals surface area contributed by atoms with Crippen LogP contribution in [0.5, 0.6) is 0 Å². The van der Waals surface area contributed by atoms with Crippen LogP contribution in [0.25, 0.3) is 0 Å². The van der Waals surface area contributed by atoms with Crippen LogP contribution in [0.4, 0.5) is 5.82 Å². The fourth-order valence-corrected chi connectivity index (χ4v) is 2.45. The van der Waals surface area contributed by atoms with Gasteiger partial charge in [0.15, 0.2) is 0 Å². The summed E-state index contributed by atoms with van der Waals surface area (Å²) in [5, 5.41) is 3.31. The molecule has 1 N–H and O–H groups in total. The maximum Gasteiger partial charge on any atom is 0.130 e. The minimum absolute atomic E-state index is 0.201. The van der Waals surface area contributed by atoms with Gasteiger partial charge < -0.3 is 5.32 Å². The Labute approximate surface area is 104 Å². The summed E-state index contributed by atoms with van der Waals surface area (Å²) in [5.41, 5.74) is 0.953. The molecule has 0 radical (unpaired) electrons. The first kappa shape index (κ1) is 11.4. The second-order valence-electron chi connectivity index (χ2n) is 3.55. The second kappa shape index (κ2) is 4.80. The molecule has 0 aromatic carbocycles. The van der Waals surface area contributed by atoms with E-state index in [1.165, 1.54) is 4.88 Å². The Balaban J connectivity index is 2.10. The number of aryl methyl sites for hydroxylation is 1. The third kappa shape index (κ3) is 2.71. The van der Waals surface area contributed by atoms with Crippen LogP contribution in [0.15, 0.2) is 24.5 Å². The summed E-state index contributed by atoms with van der Waals surface area (Å²) in [6.07, 6.45) is 1.56. The molecule has 0 aliphatic carbocycles. The number of hydrogen-bond donors (Lipinski definition) is 1. The van der Waals surface area contributed by atoms with Crippen LogP contribution in [0.1, 0.15) is 23.5 Å². The van der Waals surface area contributed by atoms with E-state index in [1.54, 1.807) is 17.7 Å². The molecule has 5 heteroatoms. The van der Waals surface area contributed by atoms with Gasteiger partial charge in [-0.05, 0) is 26.0 Å². The first-order valence-corrected chi connectivity index (χ1v) is 6.15. The molecule has 1 unspecified atom stereocenters. The van der Waals surface area contributed by atoms with E-state index in [2.05, 4.69) is 22.2 Å². The number of aromatic nitrogens is 2. The number of hydrogen-bond acceptors (Lipinski definition) is 4. The van der Waals surface area contributed by atoms with Gasteiger partial charge in [-0.1, -0.05) is 11.6 Å². The molecule has 2 heterocycles. The molecule has 3 nitrogen and oxygen atoms in total. The summed E-state index contributed by atoms with van der Waals surface area (Å²) in [6, 6.07) is 6.06. The number of anilines is 1. The van der Waals surface area contributed by atoms with Crippen molar-refractivity contribution in [2.24, 2.45) is 0 Å². The smallest absolute Gasteiger partial charge is 0.130 e. The van der Waals surface area contributed by atoms with E-state index in [1.807, 2.05) is 25.1 Å². The van der Waals surface area contributed by atoms with E-state index in [4.69, 9.17) is 11.6 Å². The molecule has 2 aromatic rings. The molecule has 0 spiro atoms. The van der Waals surface area contributed by atoms with Crippen molar-refractivity contribution in [3.05, 3.63) is 39.4 Å². The molecule has 0 saturated heterocycles. The molecule has 2 aromatic heterocycles. The zero-order valence-corrected chi connectivity index (χ0v) is 10.6. The van der Waals surface area contributed by atoms with Crippen molar-refractivity contribution in [1.82, 2.24) is 9.97 Å². The number of nitrogens with zero attached hydrogens (tertiary/aromatic N) is 2. The first-order chi connectivity index (χ1) is 7.65. The molecule has 1 atom stereocenters. The molecule has 0 aliphatic rings. The normalized spacial score (nSPS) is 12.4. The number of halogens is 1. The molecule has 0 fully saturated rings. The van der Waals surface area contributed by atoms with Crippen LogP contribution in [-0.2, 0) is 0 Å². The summed E-state index contributed by atoms with van der Waals surface area (Å²) in [7, 11) is 0. The van der Waals surface area contributed by atoms with E-state index >= 15 is 0 Å². The molecule has 0 bridgehead atoms. The van der Waals surface area contributed by atoms with Gasteiger partial charge in [0.2, 0.25) is 0 Å². The van der Waals surface area contributed by atoms with Gasteiger partial charge in [0.1, 0.15) is 12.1 Å². The minimum atomic E-state index is 0.201. The maximum absolute atomic E-state index is 5.90. The van der Waals surface area contributed by atoms with Gasteiger partial charge >= 0.3 is 0 Å². The lowest BCUT2D eigenvalue weighted by molar-refractivity contribution is 0.890. The van der Waals surface area contributed by atoms with Crippen molar-refractivity contribution in [3.63, 3.8) is 0 Å². The topological polar surface area (TPSA) is 37.8 Å². The van der Waals surface area contributed by atoms with Crippen molar-refractivity contribution in [2.75, 3.05) is 5.32 Å². The predicted octanol–water partition coefficient (Wildman–Crippen LogP) is 3.67. The predicted molar refractivity (Wildman–Crippen MR) is 68.1 cm³/mol. The van der Waals surface area contributed by atoms with Crippen LogP contribution in [-0.4, -0.2) is 9.97 Å². The monoisotopic (exact) mass is 253 g/mol. The van der Waals surface area contributed by atoms with Crippen molar-refractivity contribution < 1.29 is 0 Å². The summed E-state index contributed by atoms with van der Waals surface area (Å²) >= 11 is 7.48. The Bertz CT molecular complexity index is 484. The van der Waals surface area contributed by atoms with E-state index in [9.17, 15) is 0 Å². The van der Waals surface area contributed by atoms with Crippen molar-refractivity contribution >= 4 is 28.8 Å². The quantitative estimate of drug-likeness (QED) is 0.907. The van der Waals surface area contributed by atoms with Crippen LogP contribution in [0.2, 0.25) is 4.34 Å². The third-order valence-electron chi connectivity index (χ3n) is 2.19. The molecule has 0 saturated carbocycles. The van der Waals surface area contributed by atoms with E-state index in [0.29, 0.717) is 0 Å². The molecular formula is C11H12ClN3S. The van der Waals surface area contributed by atoms with Gasteiger partial charge in [0.05, 0.1) is 10.4 Å². The standard InChI is InChI=1S/C11H12ClN3S/c1-7-5-11(14-6-13-7)15-8(2)9-3-4-10(12)16-9/h3-6,8H,1-2H3,(H,13,14,15). The van der Waals surface area contributed by atoms with Gasteiger partial charge in [-0.3, -0.25) is 0 Å². The zero-order valence-electron chi connectivity index (χ0n) is 9.07. The lowest BCUT2D eigenvalue weighted by Gasteiger charge is -2.12. The van der Waals surface area contributed by atoms with Crippen LogP contribution < -0.4 is 5.32 Å². The highest BCUT2D eigenvalue weighted by atomic mass is 35.5. The lowest BCUT2D eigenvalue weighted by Crippen LogP contribution is -2.06. The highest BCUT2D eigenvalue weighted by Gasteiger charge is 2.08. The van der Waals surface area contributed by atoms with Gasteiger partial charge in [-0.25, -0.2) is 9.97 Å². The van der Waals surface area contributed by atoms with Gasteiger partial charge in [-0.2, -0.15) is 0 Å². The zero-order chi connectivity index (χ0) is 11.5. The Morgan fingerprint density at radius 1 is 1.38 bits per heavy atom. The van der Waals surface area contributed by atoms with Crippen molar-refractivity contribution in [2.45, 2.75) is 19.9 Å². The van der Waals surface area contributed by atoms with Crippen molar-refractivity contribution in [1.29, 1.82) is 0 Å². The summed E-state index contributed by atoms with van der Waals surface area (Å²) in [6.45, 7) is 4.03. The summed E-state index contributed by atoms with van der Waals surface area (Å²) in [5.74, 6) is 0.838. The lowest BCUT2D eigenvalue weighted by atomic mass is 10.3. The fraction of sp³-hybridized carbons (Fsp3) is 0.273. The Morgan fingerprint density at radius 3 is 2.81 bits per heavy atom. The molecule has 2 rings (SSSR count). The average molecular weight is 254 g/mol. The van der Waals surface area contributed by atoms with Crippen LogP contribution >= 0.6 is 22.9 Å². The van der Waals surface area contributed by atoms with Gasteiger partial charge in [0, 0.05) is 16.6 Å². The molecule has 0 aliphatic heterocycles. The van der Waals surface area contributed by atoms with E-state index < -0.39 is 0 Å². The third-order valence-corrected chi connectivity index (χ3v) is 3.60. The average Bonchev–Trinajstić information content (AvgIpc) is 2.65. The Hall–Kier alpha value is -1.13. The van der Waals surface area contributed by atoms with Crippen LogP contribution in [0.3, 0.4) is 0 Å². The molecule has 16 heavy (non-hydrogen) atoms. The van der Waals surface area contributed by atoms with Gasteiger partial charge in [0.25, 0.3) is 0 Å². The highest BCUT2D eigenvalue weighted by molar-refractivity contribution is 7.16. The number of nitrogens with one attached hydrogen (secondary N) is 1. The molecule has 0 amide bonds. The Kier molecular flexibility index (Phi) is 3.41. The van der Waals surface area contributed by atoms with E-state index in [0.717, 1.165) is 15.8 Å². The van der Waals surface area contributed by atoms with Crippen LogP contribution in [0, 0.1) is 6.92 Å². The molecular weight excluding hydrogens is 242 g/mol. The van der Waals surface area contributed by atoms with Gasteiger partial charge in [-0.15, -0.1) is 11.3 Å². The number of thiophene rings is 1. The number of rotatable bonds is 3. The SMILES string of the molecule is Cc1cc(NC(C)c2ccc(Cl)s2)ncn1. The fourth-order valence-electron chi connectivity index (χ4n) is 1.39. The molecule has 84 valence electrons. The largest absolute Gasteiger partial charge is 0.363 e. The highest BCUT2D eigenvalue weighted by Crippen LogP contribution is 2.28. The second-order valence-corrected chi connectivity index (χ2v) is 5.30. The maximum atomic E-state index is 5.90.